The number of aromatic nitrogens is 2. The summed E-state index contributed by atoms with van der Waals surface area (Å²) in [4.78, 5) is 0.204. The van der Waals surface area contributed by atoms with Crippen LogP contribution in [0.4, 0.5) is 5.69 Å². The van der Waals surface area contributed by atoms with Gasteiger partial charge in [-0.3, -0.25) is 4.31 Å². The fraction of sp³-hybridized carbons (Fsp3) is 0.167. The summed E-state index contributed by atoms with van der Waals surface area (Å²) in [5, 5.41) is 4.22. The molecule has 0 saturated carbocycles. The number of hydrogen-bond donors (Lipinski definition) is 0. The molecule has 0 spiro atoms. The minimum absolute atomic E-state index is 0.104. The van der Waals surface area contributed by atoms with E-state index in [-0.39, 0.29) is 10.9 Å². The Morgan fingerprint density at radius 3 is 2.54 bits per heavy atom. The van der Waals surface area contributed by atoms with Gasteiger partial charge < -0.3 is 0 Å². The van der Waals surface area contributed by atoms with Gasteiger partial charge in [0.2, 0.25) is 0 Å². The third-order valence-corrected chi connectivity index (χ3v) is 6.16. The number of para-hydroxylation sites is 2. The fourth-order valence-corrected chi connectivity index (χ4v) is 4.80. The summed E-state index contributed by atoms with van der Waals surface area (Å²) in [6.45, 7) is 1.93. The van der Waals surface area contributed by atoms with Gasteiger partial charge >= 0.3 is 0 Å². The molecule has 1 aromatic heterocycles. The third-order valence-electron chi connectivity index (χ3n) is 4.28. The zero-order valence-electron chi connectivity index (χ0n) is 13.2. The molecule has 2 aromatic carbocycles. The standard InChI is InChI=1S/C18H17N3O2S/c1-14-11-15-7-5-6-10-18(15)21(14)24(22,23)17-12-19-20(13-17)16-8-3-2-4-9-16/h2-10,12-14H,11H2,1H3/t14-/m1/s1. The lowest BCUT2D eigenvalue weighted by molar-refractivity contribution is 0.584. The third kappa shape index (κ3) is 2.30. The Labute approximate surface area is 141 Å². The molecule has 2 heterocycles. The van der Waals surface area contributed by atoms with Crippen molar-refractivity contribution in [3.8, 4) is 5.69 Å². The molecule has 0 bridgehead atoms. The quantitative estimate of drug-likeness (QED) is 0.737. The Morgan fingerprint density at radius 1 is 1.04 bits per heavy atom. The molecule has 6 heteroatoms. The number of hydrogen-bond acceptors (Lipinski definition) is 3. The number of sulfonamides is 1. The first-order valence-corrected chi connectivity index (χ1v) is 9.24. The molecule has 122 valence electrons. The molecule has 0 fully saturated rings. The van der Waals surface area contributed by atoms with Crippen LogP contribution in [0.25, 0.3) is 5.69 Å². The molecule has 0 saturated heterocycles. The minimum atomic E-state index is -3.64. The van der Waals surface area contributed by atoms with Crippen LogP contribution >= 0.6 is 0 Å². The first-order chi connectivity index (χ1) is 11.6. The second-order valence-corrected chi connectivity index (χ2v) is 7.75. The summed E-state index contributed by atoms with van der Waals surface area (Å²) in [5.74, 6) is 0. The van der Waals surface area contributed by atoms with Crippen LogP contribution in [-0.2, 0) is 16.4 Å². The highest BCUT2D eigenvalue weighted by molar-refractivity contribution is 7.92. The van der Waals surface area contributed by atoms with Crippen molar-refractivity contribution in [1.29, 1.82) is 0 Å². The van der Waals surface area contributed by atoms with E-state index in [4.69, 9.17) is 0 Å². The fourth-order valence-electron chi connectivity index (χ4n) is 3.18. The summed E-state index contributed by atoms with van der Waals surface area (Å²) < 4.78 is 29.3. The molecule has 0 radical (unpaired) electrons. The van der Waals surface area contributed by atoms with Crippen LogP contribution in [0.1, 0.15) is 12.5 Å². The van der Waals surface area contributed by atoms with E-state index in [2.05, 4.69) is 5.10 Å². The minimum Gasteiger partial charge on any atom is -0.263 e. The van der Waals surface area contributed by atoms with Gasteiger partial charge in [-0.05, 0) is 37.1 Å². The summed E-state index contributed by atoms with van der Waals surface area (Å²) in [7, 11) is -3.64. The molecule has 0 N–H and O–H groups in total. The lowest BCUT2D eigenvalue weighted by Gasteiger charge is -2.23. The van der Waals surface area contributed by atoms with Gasteiger partial charge in [0.05, 0.1) is 23.8 Å². The maximum absolute atomic E-state index is 13.1. The van der Waals surface area contributed by atoms with Crippen LogP contribution in [-0.4, -0.2) is 24.2 Å². The van der Waals surface area contributed by atoms with Crippen molar-refractivity contribution in [3.05, 3.63) is 72.6 Å². The zero-order chi connectivity index (χ0) is 16.7. The van der Waals surface area contributed by atoms with Gasteiger partial charge in [-0.2, -0.15) is 5.10 Å². The summed E-state index contributed by atoms with van der Waals surface area (Å²) in [5.41, 5.74) is 2.65. The molecule has 1 aliphatic heterocycles. The highest BCUT2D eigenvalue weighted by Gasteiger charge is 2.36. The topological polar surface area (TPSA) is 55.2 Å². The lowest BCUT2D eigenvalue weighted by Crippen LogP contribution is -2.35. The van der Waals surface area contributed by atoms with Crippen LogP contribution in [0, 0.1) is 0 Å². The van der Waals surface area contributed by atoms with Crippen LogP contribution in [0.15, 0.2) is 71.9 Å². The van der Waals surface area contributed by atoms with Crippen LogP contribution in [0.5, 0.6) is 0 Å². The average molecular weight is 339 g/mol. The van der Waals surface area contributed by atoms with E-state index in [0.29, 0.717) is 0 Å². The molecule has 3 aromatic rings. The van der Waals surface area contributed by atoms with Gasteiger partial charge in [0.15, 0.2) is 0 Å². The number of benzene rings is 2. The first-order valence-electron chi connectivity index (χ1n) is 7.80. The highest BCUT2D eigenvalue weighted by atomic mass is 32.2. The average Bonchev–Trinajstić information content (AvgIpc) is 3.20. The van der Waals surface area contributed by atoms with Crippen molar-refractivity contribution in [3.63, 3.8) is 0 Å². The molecule has 24 heavy (non-hydrogen) atoms. The molecule has 4 rings (SSSR count). The van der Waals surface area contributed by atoms with Crippen LogP contribution < -0.4 is 4.31 Å². The summed E-state index contributed by atoms with van der Waals surface area (Å²) in [6.07, 6.45) is 3.70. The van der Waals surface area contributed by atoms with Gasteiger partial charge in [0.1, 0.15) is 4.90 Å². The lowest BCUT2D eigenvalue weighted by atomic mass is 10.1. The van der Waals surface area contributed by atoms with Crippen molar-refractivity contribution < 1.29 is 8.42 Å². The Bertz CT molecular complexity index is 980. The number of nitrogens with zero attached hydrogens (tertiary/aromatic N) is 3. The molecule has 1 aliphatic rings. The number of anilines is 1. The van der Waals surface area contributed by atoms with Crippen molar-refractivity contribution in [2.24, 2.45) is 0 Å². The van der Waals surface area contributed by atoms with E-state index in [1.54, 1.807) is 10.9 Å². The van der Waals surface area contributed by atoms with Gasteiger partial charge in [-0.15, -0.1) is 0 Å². The summed E-state index contributed by atoms with van der Waals surface area (Å²) >= 11 is 0. The highest BCUT2D eigenvalue weighted by Crippen LogP contribution is 2.36. The van der Waals surface area contributed by atoms with Crippen molar-refractivity contribution in [2.45, 2.75) is 24.3 Å². The summed E-state index contributed by atoms with van der Waals surface area (Å²) in [6, 6.07) is 17.0. The van der Waals surface area contributed by atoms with Crippen molar-refractivity contribution in [1.82, 2.24) is 9.78 Å². The normalized spacial score (nSPS) is 17.0. The Balaban J connectivity index is 1.75. The molecular formula is C18H17N3O2S. The predicted octanol–water partition coefficient (Wildman–Crippen LogP) is 3.01. The number of rotatable bonds is 3. The second-order valence-electron chi connectivity index (χ2n) is 5.94. The van der Waals surface area contributed by atoms with E-state index in [1.165, 1.54) is 10.5 Å². The monoisotopic (exact) mass is 339 g/mol. The van der Waals surface area contributed by atoms with E-state index in [0.717, 1.165) is 23.4 Å². The Kier molecular flexibility index (Phi) is 3.42. The van der Waals surface area contributed by atoms with Gasteiger partial charge in [0.25, 0.3) is 10.0 Å². The Hall–Kier alpha value is -2.60. The van der Waals surface area contributed by atoms with Crippen molar-refractivity contribution in [2.75, 3.05) is 4.31 Å². The predicted molar refractivity (Wildman–Crippen MR) is 92.8 cm³/mol. The van der Waals surface area contributed by atoms with Crippen LogP contribution in [0.3, 0.4) is 0 Å². The van der Waals surface area contributed by atoms with E-state index in [9.17, 15) is 8.42 Å². The second kappa shape index (κ2) is 5.49. The molecule has 0 aliphatic carbocycles. The number of fused-ring (bicyclic) bond motifs is 1. The van der Waals surface area contributed by atoms with E-state index < -0.39 is 10.0 Å². The molecule has 0 unspecified atom stereocenters. The molecular weight excluding hydrogens is 322 g/mol. The van der Waals surface area contributed by atoms with Crippen LogP contribution in [0.2, 0.25) is 0 Å². The van der Waals surface area contributed by atoms with Gasteiger partial charge in [-0.1, -0.05) is 36.4 Å². The molecule has 5 nitrogen and oxygen atoms in total. The van der Waals surface area contributed by atoms with E-state index in [1.807, 2.05) is 61.5 Å². The van der Waals surface area contributed by atoms with Gasteiger partial charge in [0, 0.05) is 6.04 Å². The smallest absolute Gasteiger partial charge is 0.263 e. The molecule has 0 amide bonds. The van der Waals surface area contributed by atoms with Gasteiger partial charge in [-0.25, -0.2) is 13.1 Å². The first kappa shape index (κ1) is 15.0. The SMILES string of the molecule is C[C@@H]1Cc2ccccc2N1S(=O)(=O)c1cnn(-c2ccccc2)c1. The maximum atomic E-state index is 13.1. The maximum Gasteiger partial charge on any atom is 0.267 e. The van der Waals surface area contributed by atoms with Crippen molar-refractivity contribution >= 4 is 15.7 Å². The van der Waals surface area contributed by atoms with E-state index >= 15 is 0 Å². The molecule has 1 atom stereocenters. The largest absolute Gasteiger partial charge is 0.267 e. The zero-order valence-corrected chi connectivity index (χ0v) is 14.0. The Morgan fingerprint density at radius 2 is 1.75 bits per heavy atom.